The van der Waals surface area contributed by atoms with Gasteiger partial charge in [0.15, 0.2) is 0 Å². The Kier molecular flexibility index (Phi) is 6.42. The quantitative estimate of drug-likeness (QED) is 0.629. The van der Waals surface area contributed by atoms with Gasteiger partial charge in [-0.2, -0.15) is 0 Å². The van der Waals surface area contributed by atoms with Gasteiger partial charge in [-0.25, -0.2) is 0 Å². The van der Waals surface area contributed by atoms with Crippen molar-refractivity contribution in [1.29, 1.82) is 0 Å². The molecule has 0 saturated carbocycles. The number of rotatable bonds is 4. The van der Waals surface area contributed by atoms with Crippen LogP contribution in [0.1, 0.15) is 78.0 Å². The number of hydrogen-bond acceptors (Lipinski definition) is 1. The van der Waals surface area contributed by atoms with Gasteiger partial charge in [-0.15, -0.1) is 0 Å². The van der Waals surface area contributed by atoms with Gasteiger partial charge in [0.25, 0.3) is 0 Å². The van der Waals surface area contributed by atoms with Gasteiger partial charge in [-0.1, -0.05) is 0 Å². The van der Waals surface area contributed by atoms with E-state index in [-0.39, 0.29) is 10.8 Å². The Balaban J connectivity index is 3.70. The van der Waals surface area contributed by atoms with E-state index in [1.807, 2.05) is 0 Å². The van der Waals surface area contributed by atoms with Crippen molar-refractivity contribution in [2.45, 2.75) is 78.6 Å². The molecule has 0 unspecified atom stereocenters. The van der Waals surface area contributed by atoms with Crippen LogP contribution in [0.15, 0.2) is 12.1 Å². The van der Waals surface area contributed by atoms with Crippen LogP contribution in [0.4, 0.5) is 0 Å². The molecule has 0 atom stereocenters. The molecule has 22 heavy (non-hydrogen) atoms. The van der Waals surface area contributed by atoms with Crippen molar-refractivity contribution in [3.05, 3.63) is 28.8 Å². The number of unbranched alkanes of at least 4 members (excludes halogenated alkanes) is 1. The number of aryl methyl sites for hydroxylation is 1. The third-order valence-corrected chi connectivity index (χ3v) is 6.21. The second-order valence-electron chi connectivity index (χ2n) is 8.21. The van der Waals surface area contributed by atoms with Crippen LogP contribution in [0.5, 0.6) is 0 Å². The molecule has 4 heteroatoms. The average molecular weight is 365 g/mol. The van der Waals surface area contributed by atoms with Crippen molar-refractivity contribution >= 4 is 34.0 Å². The molecular formula is C18H31Cl2OP. The van der Waals surface area contributed by atoms with E-state index < -0.39 is 6.19 Å². The SMILES string of the molecule is CCCCc1cc(C(C)(C)C)c([PH](O)(Cl)Cl)c(C(C)(C)C)c1. The summed E-state index contributed by atoms with van der Waals surface area (Å²) >= 11 is 12.6. The van der Waals surface area contributed by atoms with Gasteiger partial charge in [0, 0.05) is 0 Å². The molecule has 0 aliphatic rings. The summed E-state index contributed by atoms with van der Waals surface area (Å²) in [6.45, 7) is 15.1. The van der Waals surface area contributed by atoms with Gasteiger partial charge in [0.1, 0.15) is 0 Å². The summed E-state index contributed by atoms with van der Waals surface area (Å²) in [5, 5.41) is 0.788. The number of benzene rings is 1. The van der Waals surface area contributed by atoms with Crippen molar-refractivity contribution in [3.8, 4) is 0 Å². The fourth-order valence-corrected chi connectivity index (χ4v) is 5.50. The monoisotopic (exact) mass is 364 g/mol. The minimum atomic E-state index is -3.45. The molecule has 0 aliphatic carbocycles. The third-order valence-electron chi connectivity index (χ3n) is 3.93. The molecule has 0 saturated heterocycles. The van der Waals surface area contributed by atoms with Crippen LogP contribution in [0.3, 0.4) is 0 Å². The number of halogens is 2. The van der Waals surface area contributed by atoms with Gasteiger partial charge in [0.05, 0.1) is 0 Å². The molecular weight excluding hydrogens is 334 g/mol. The molecule has 1 N–H and O–H groups in total. The topological polar surface area (TPSA) is 20.2 Å². The maximum atomic E-state index is 10.5. The van der Waals surface area contributed by atoms with Crippen LogP contribution < -0.4 is 5.30 Å². The van der Waals surface area contributed by atoms with Crippen LogP contribution in [0.25, 0.3) is 0 Å². The Bertz CT molecular complexity index is 484. The normalized spacial score (nSPS) is 14.3. The van der Waals surface area contributed by atoms with Crippen molar-refractivity contribution in [3.63, 3.8) is 0 Å². The fraction of sp³-hybridized carbons (Fsp3) is 0.667. The zero-order chi connectivity index (χ0) is 17.3. The Morgan fingerprint density at radius 1 is 0.955 bits per heavy atom. The van der Waals surface area contributed by atoms with Gasteiger partial charge < -0.3 is 0 Å². The summed E-state index contributed by atoms with van der Waals surface area (Å²) in [5.74, 6) is 0. The van der Waals surface area contributed by atoms with Crippen LogP contribution in [-0.4, -0.2) is 4.89 Å². The molecule has 0 aliphatic heterocycles. The van der Waals surface area contributed by atoms with E-state index in [9.17, 15) is 4.89 Å². The molecule has 0 spiro atoms. The Hall–Kier alpha value is 0.190. The molecule has 0 heterocycles. The molecule has 0 amide bonds. The first-order valence-electron chi connectivity index (χ1n) is 8.07. The molecule has 0 fully saturated rings. The molecule has 1 rings (SSSR count). The first-order chi connectivity index (χ1) is 9.78. The van der Waals surface area contributed by atoms with Crippen molar-refractivity contribution in [1.82, 2.24) is 0 Å². The zero-order valence-electron chi connectivity index (χ0n) is 15.0. The van der Waals surface area contributed by atoms with E-state index in [1.54, 1.807) is 0 Å². The van der Waals surface area contributed by atoms with E-state index in [0.29, 0.717) is 0 Å². The van der Waals surface area contributed by atoms with Crippen molar-refractivity contribution in [2.24, 2.45) is 0 Å². The zero-order valence-corrected chi connectivity index (χ0v) is 17.5. The average Bonchev–Trinajstić information content (AvgIpc) is 2.31. The fourth-order valence-electron chi connectivity index (χ4n) is 2.73. The van der Waals surface area contributed by atoms with Crippen LogP contribution in [0, 0.1) is 0 Å². The molecule has 1 nitrogen and oxygen atoms in total. The van der Waals surface area contributed by atoms with E-state index in [0.717, 1.165) is 29.3 Å². The van der Waals surface area contributed by atoms with Crippen LogP contribution >= 0.6 is 28.7 Å². The Morgan fingerprint density at radius 2 is 1.36 bits per heavy atom. The second-order valence-corrected chi connectivity index (χ2v) is 13.7. The molecule has 0 bridgehead atoms. The van der Waals surface area contributed by atoms with Gasteiger partial charge in [0.2, 0.25) is 0 Å². The Morgan fingerprint density at radius 3 is 1.64 bits per heavy atom. The molecule has 1 aromatic carbocycles. The van der Waals surface area contributed by atoms with Gasteiger partial charge in [-0.05, 0) is 0 Å². The summed E-state index contributed by atoms with van der Waals surface area (Å²) in [6.07, 6.45) is -0.0722. The first kappa shape index (κ1) is 20.2. The summed E-state index contributed by atoms with van der Waals surface area (Å²) in [5.41, 5.74) is 3.27. The number of hydrogen-bond donors (Lipinski definition) is 1. The predicted molar refractivity (Wildman–Crippen MR) is 104 cm³/mol. The summed E-state index contributed by atoms with van der Waals surface area (Å²) < 4.78 is 0. The van der Waals surface area contributed by atoms with E-state index in [4.69, 9.17) is 22.5 Å². The molecule has 1 aromatic rings. The van der Waals surface area contributed by atoms with E-state index >= 15 is 0 Å². The van der Waals surface area contributed by atoms with Gasteiger partial charge in [-0.3, -0.25) is 0 Å². The summed E-state index contributed by atoms with van der Waals surface area (Å²) in [7, 11) is 0. The van der Waals surface area contributed by atoms with Crippen molar-refractivity contribution < 1.29 is 4.89 Å². The van der Waals surface area contributed by atoms with Crippen LogP contribution in [-0.2, 0) is 17.3 Å². The predicted octanol–water partition coefficient (Wildman–Crippen LogP) is 6.21. The Labute approximate surface area is 146 Å². The molecule has 0 radical (unpaired) electrons. The first-order valence-corrected chi connectivity index (χ1v) is 12.0. The summed E-state index contributed by atoms with van der Waals surface area (Å²) in [6, 6.07) is 4.39. The van der Waals surface area contributed by atoms with E-state index in [1.165, 1.54) is 12.0 Å². The van der Waals surface area contributed by atoms with Crippen molar-refractivity contribution in [2.75, 3.05) is 0 Å². The standard InChI is InChI=1S/C18H31Cl2OP/c1-8-9-10-13-11-14(17(2,3)4)16(22(19,20)21)15(12-13)18(5,6)7/h11-12,21-22H,8-10H2,1-7H3. The third kappa shape index (κ3) is 5.10. The van der Waals surface area contributed by atoms with Crippen LogP contribution in [0.2, 0.25) is 0 Å². The van der Waals surface area contributed by atoms with Gasteiger partial charge >= 0.3 is 146 Å². The molecule has 128 valence electrons. The summed E-state index contributed by atoms with van der Waals surface area (Å²) in [4.78, 5) is 10.5. The molecule has 0 aromatic heterocycles. The maximum absolute atomic E-state index is 10.5. The minimum absolute atomic E-state index is 0.109. The second kappa shape index (κ2) is 6.98. The van der Waals surface area contributed by atoms with E-state index in [2.05, 4.69) is 60.6 Å².